The molecule has 2 aliphatic rings. The smallest absolute Gasteiger partial charge is 0.338 e. The predicted octanol–water partition coefficient (Wildman–Crippen LogP) is 5.05. The summed E-state index contributed by atoms with van der Waals surface area (Å²) in [6.07, 6.45) is 0.587. The summed E-state index contributed by atoms with van der Waals surface area (Å²) in [6.45, 7) is 2.02. The van der Waals surface area contributed by atoms with Crippen LogP contribution in [-0.2, 0) is 14.3 Å². The zero-order valence-electron chi connectivity index (χ0n) is 22.1. The molecule has 0 saturated heterocycles. The Morgan fingerprint density at radius 1 is 1.02 bits per heavy atom. The molecule has 0 radical (unpaired) electrons. The number of nitrogens with one attached hydrogen (secondary N) is 1. The van der Waals surface area contributed by atoms with E-state index in [1.165, 1.54) is 11.8 Å². The van der Waals surface area contributed by atoms with Crippen molar-refractivity contribution in [2.24, 2.45) is 10.1 Å². The summed E-state index contributed by atoms with van der Waals surface area (Å²) in [5.74, 6) is -0.370. The van der Waals surface area contributed by atoms with Crippen molar-refractivity contribution in [3.63, 3.8) is 0 Å². The van der Waals surface area contributed by atoms with E-state index in [0.29, 0.717) is 22.8 Å². The number of hydrogen-bond donors (Lipinski definition) is 1. The van der Waals surface area contributed by atoms with Gasteiger partial charge in [-0.05, 0) is 54.4 Å². The number of hydrogen-bond acceptors (Lipinski definition) is 8. The molecule has 5 rings (SSSR count). The minimum absolute atomic E-state index is 0.0492. The lowest BCUT2D eigenvalue weighted by molar-refractivity contribution is -0.121. The van der Waals surface area contributed by atoms with Gasteiger partial charge in [0.15, 0.2) is 5.17 Å². The van der Waals surface area contributed by atoms with Gasteiger partial charge >= 0.3 is 5.97 Å². The Morgan fingerprint density at radius 3 is 2.42 bits per heavy atom. The fourth-order valence-electron chi connectivity index (χ4n) is 4.47. The molecule has 204 valence electrons. The molecule has 2 amide bonds. The van der Waals surface area contributed by atoms with E-state index in [1.54, 1.807) is 43.3 Å². The van der Waals surface area contributed by atoms with E-state index >= 15 is 0 Å². The fraction of sp³-hybridized carbons (Fsp3) is 0.233. The van der Waals surface area contributed by atoms with Gasteiger partial charge in [0.2, 0.25) is 5.91 Å². The summed E-state index contributed by atoms with van der Waals surface area (Å²) in [5.41, 5.74) is 3.82. The second-order valence-electron chi connectivity index (χ2n) is 9.14. The quantitative estimate of drug-likeness (QED) is 0.387. The van der Waals surface area contributed by atoms with Crippen LogP contribution < -0.4 is 10.1 Å². The van der Waals surface area contributed by atoms with E-state index in [1.807, 2.05) is 54.6 Å². The molecule has 1 N–H and O–H groups in total. The fourth-order valence-corrected chi connectivity index (χ4v) is 5.53. The molecule has 40 heavy (non-hydrogen) atoms. The zero-order chi connectivity index (χ0) is 28.1. The van der Waals surface area contributed by atoms with Crippen molar-refractivity contribution in [2.45, 2.75) is 31.1 Å². The summed E-state index contributed by atoms with van der Waals surface area (Å²) in [7, 11) is 1.62. The molecule has 0 saturated carbocycles. The lowest BCUT2D eigenvalue weighted by Crippen LogP contribution is -2.25. The maximum absolute atomic E-state index is 12.9. The number of amides is 2. The van der Waals surface area contributed by atoms with Crippen LogP contribution in [0.15, 0.2) is 89.0 Å². The van der Waals surface area contributed by atoms with Gasteiger partial charge in [-0.15, -0.1) is 0 Å². The lowest BCUT2D eigenvalue weighted by atomic mass is 9.98. The summed E-state index contributed by atoms with van der Waals surface area (Å²) in [6, 6.07) is 23.9. The molecule has 0 bridgehead atoms. The molecule has 0 unspecified atom stereocenters. The van der Waals surface area contributed by atoms with Crippen LogP contribution in [0.5, 0.6) is 5.75 Å². The van der Waals surface area contributed by atoms with E-state index in [0.717, 1.165) is 22.6 Å². The van der Waals surface area contributed by atoms with Crippen molar-refractivity contribution in [1.82, 2.24) is 5.01 Å². The van der Waals surface area contributed by atoms with E-state index in [2.05, 4.69) is 10.3 Å². The number of amidine groups is 1. The maximum Gasteiger partial charge on any atom is 0.338 e. The van der Waals surface area contributed by atoms with Gasteiger partial charge in [-0.3, -0.25) is 9.59 Å². The first kappa shape index (κ1) is 27.1. The Morgan fingerprint density at radius 2 is 1.75 bits per heavy atom. The van der Waals surface area contributed by atoms with Gasteiger partial charge < -0.3 is 14.8 Å². The number of esters is 1. The molecule has 9 nitrogen and oxygen atoms in total. The number of carbonyl (C=O) groups excluding carboxylic acids is 3. The van der Waals surface area contributed by atoms with Crippen molar-refractivity contribution in [3.8, 4) is 5.75 Å². The SMILES string of the molecule is CCOC(=O)c1ccc(NC(=O)C[C@@H]2SC(N3N=C(c4ccccc4)C[C@@H]3c3ccc(OC)cc3)=NC2=O)cc1. The number of methoxy groups -OCH3 is 1. The molecule has 2 heterocycles. The highest BCUT2D eigenvalue weighted by Gasteiger charge is 2.39. The zero-order valence-corrected chi connectivity index (χ0v) is 22.9. The molecule has 3 aromatic carbocycles. The average Bonchev–Trinajstić information content (AvgIpc) is 3.58. The Kier molecular flexibility index (Phi) is 8.26. The predicted molar refractivity (Wildman–Crippen MR) is 155 cm³/mol. The molecule has 10 heteroatoms. The molecule has 3 aromatic rings. The first-order valence-corrected chi connectivity index (χ1v) is 13.8. The Labute approximate surface area is 236 Å². The first-order chi connectivity index (χ1) is 19.4. The van der Waals surface area contributed by atoms with Crippen molar-refractivity contribution in [2.75, 3.05) is 19.0 Å². The third kappa shape index (κ3) is 6.07. The van der Waals surface area contributed by atoms with Crippen LogP contribution in [-0.4, -0.2) is 52.6 Å². The van der Waals surface area contributed by atoms with Crippen LogP contribution in [0.3, 0.4) is 0 Å². The van der Waals surface area contributed by atoms with Gasteiger partial charge in [-0.25, -0.2) is 9.80 Å². The second kappa shape index (κ2) is 12.2. The number of anilines is 1. The highest BCUT2D eigenvalue weighted by Crippen LogP contribution is 2.39. The van der Waals surface area contributed by atoms with E-state index in [-0.39, 0.29) is 30.9 Å². The number of aliphatic imine (C=N–C) groups is 1. The molecular weight excluding hydrogens is 528 g/mol. The van der Waals surface area contributed by atoms with E-state index < -0.39 is 11.2 Å². The molecule has 2 atom stereocenters. The number of carbonyl (C=O) groups is 3. The highest BCUT2D eigenvalue weighted by molar-refractivity contribution is 8.15. The van der Waals surface area contributed by atoms with Crippen LogP contribution in [0.25, 0.3) is 0 Å². The van der Waals surface area contributed by atoms with Crippen molar-refractivity contribution < 1.29 is 23.9 Å². The summed E-state index contributed by atoms with van der Waals surface area (Å²) in [5, 5.41) is 9.24. The van der Waals surface area contributed by atoms with Gasteiger partial charge in [0.05, 0.1) is 31.0 Å². The van der Waals surface area contributed by atoms with Gasteiger partial charge in [0, 0.05) is 18.5 Å². The van der Waals surface area contributed by atoms with Gasteiger partial charge in [0.1, 0.15) is 11.0 Å². The molecule has 2 aliphatic heterocycles. The molecule has 0 aliphatic carbocycles. The number of benzene rings is 3. The molecular formula is C30H28N4O5S. The lowest BCUT2D eigenvalue weighted by Gasteiger charge is -2.23. The van der Waals surface area contributed by atoms with Crippen LogP contribution in [0.2, 0.25) is 0 Å². The minimum Gasteiger partial charge on any atom is -0.497 e. The normalized spacial score (nSPS) is 18.2. The second-order valence-corrected chi connectivity index (χ2v) is 10.3. The maximum atomic E-state index is 12.9. The van der Waals surface area contributed by atoms with Crippen molar-refractivity contribution in [3.05, 3.63) is 95.6 Å². The minimum atomic E-state index is -0.665. The molecule has 0 spiro atoms. The van der Waals surface area contributed by atoms with Gasteiger partial charge in [-0.2, -0.15) is 10.1 Å². The van der Waals surface area contributed by atoms with Gasteiger partial charge in [-0.1, -0.05) is 54.2 Å². The number of nitrogens with zero attached hydrogens (tertiary/aromatic N) is 3. The number of ether oxygens (including phenoxy) is 2. The number of thioether (sulfide) groups is 1. The third-order valence-corrected chi connectivity index (χ3v) is 7.64. The van der Waals surface area contributed by atoms with Gasteiger partial charge in [0.25, 0.3) is 5.91 Å². The molecule has 0 fully saturated rings. The Bertz CT molecular complexity index is 1460. The topological polar surface area (TPSA) is 110 Å². The standard InChI is InChI=1S/C30H28N4O5S/c1-3-39-29(37)21-9-13-22(14-10-21)31-27(35)18-26-28(36)32-30(40-26)34-25(20-11-15-23(38-2)16-12-20)17-24(33-34)19-7-5-4-6-8-19/h4-16,25-26H,3,17-18H2,1-2H3,(H,31,35)/t25-,26+/m1/s1. The van der Waals surface area contributed by atoms with Crippen LogP contribution in [0.1, 0.15) is 47.3 Å². The van der Waals surface area contributed by atoms with E-state index in [4.69, 9.17) is 14.6 Å². The monoisotopic (exact) mass is 556 g/mol. The summed E-state index contributed by atoms with van der Waals surface area (Å²) >= 11 is 1.24. The summed E-state index contributed by atoms with van der Waals surface area (Å²) in [4.78, 5) is 41.8. The van der Waals surface area contributed by atoms with Crippen LogP contribution in [0.4, 0.5) is 5.69 Å². The summed E-state index contributed by atoms with van der Waals surface area (Å²) < 4.78 is 10.3. The Balaban J connectivity index is 1.28. The number of hydrazone groups is 1. The first-order valence-electron chi connectivity index (χ1n) is 12.9. The molecule has 0 aromatic heterocycles. The average molecular weight is 557 g/mol. The van der Waals surface area contributed by atoms with Crippen LogP contribution >= 0.6 is 11.8 Å². The third-order valence-electron chi connectivity index (χ3n) is 6.49. The van der Waals surface area contributed by atoms with E-state index in [9.17, 15) is 14.4 Å². The highest BCUT2D eigenvalue weighted by atomic mass is 32.2. The largest absolute Gasteiger partial charge is 0.497 e. The van der Waals surface area contributed by atoms with Crippen LogP contribution in [0, 0.1) is 0 Å². The van der Waals surface area contributed by atoms with Crippen molar-refractivity contribution >= 4 is 46.1 Å². The number of rotatable bonds is 8. The van der Waals surface area contributed by atoms with Crippen molar-refractivity contribution in [1.29, 1.82) is 0 Å². The Hall–Kier alpha value is -4.44.